The molecule has 0 radical (unpaired) electrons. The summed E-state index contributed by atoms with van der Waals surface area (Å²) in [6.07, 6.45) is 1.55. The van der Waals surface area contributed by atoms with E-state index in [-0.39, 0.29) is 17.1 Å². The molecule has 0 bridgehead atoms. The van der Waals surface area contributed by atoms with Crippen LogP contribution in [0.1, 0.15) is 46.2 Å². The van der Waals surface area contributed by atoms with Gasteiger partial charge in [-0.3, -0.25) is 4.57 Å². The Hall–Kier alpha value is -3.15. The van der Waals surface area contributed by atoms with E-state index in [1.165, 1.54) is 5.56 Å². The molecule has 4 rings (SSSR count). The lowest BCUT2D eigenvalue weighted by molar-refractivity contribution is 0.590. The van der Waals surface area contributed by atoms with Gasteiger partial charge in [0.2, 0.25) is 0 Å². The standard InChI is InChI=1S/C22H25N5O/c1-13(2)27-19-11-17-16(10-18(19)26-21(27)28)20(24-12-23-17)25-15-8-6-14(7-9-15)22(3,4)5/h6-13H,1-5H3,(H,26,28)(H,23,24,25). The van der Waals surface area contributed by atoms with Gasteiger partial charge in [0.1, 0.15) is 12.1 Å². The molecule has 6 heteroatoms. The van der Waals surface area contributed by atoms with Crippen molar-refractivity contribution >= 4 is 33.4 Å². The number of anilines is 2. The Morgan fingerprint density at radius 1 is 1.07 bits per heavy atom. The largest absolute Gasteiger partial charge is 0.340 e. The number of imidazole rings is 1. The van der Waals surface area contributed by atoms with Crippen molar-refractivity contribution in [2.75, 3.05) is 5.32 Å². The van der Waals surface area contributed by atoms with Gasteiger partial charge in [-0.2, -0.15) is 0 Å². The number of benzene rings is 2. The molecule has 0 unspecified atom stereocenters. The fraction of sp³-hybridized carbons (Fsp3) is 0.318. The maximum atomic E-state index is 12.3. The van der Waals surface area contributed by atoms with E-state index in [9.17, 15) is 4.79 Å². The quantitative estimate of drug-likeness (QED) is 0.534. The Morgan fingerprint density at radius 3 is 2.43 bits per heavy atom. The summed E-state index contributed by atoms with van der Waals surface area (Å²) in [5.41, 5.74) is 4.67. The van der Waals surface area contributed by atoms with E-state index in [4.69, 9.17) is 0 Å². The van der Waals surface area contributed by atoms with Gasteiger partial charge in [0.25, 0.3) is 0 Å². The van der Waals surface area contributed by atoms with E-state index in [2.05, 4.69) is 65.3 Å². The van der Waals surface area contributed by atoms with E-state index in [0.29, 0.717) is 5.82 Å². The maximum Gasteiger partial charge on any atom is 0.326 e. The minimum Gasteiger partial charge on any atom is -0.340 e. The van der Waals surface area contributed by atoms with Crippen molar-refractivity contribution in [3.05, 3.63) is 58.8 Å². The van der Waals surface area contributed by atoms with Gasteiger partial charge in [-0.05, 0) is 49.1 Å². The third-order valence-electron chi connectivity index (χ3n) is 5.00. The fourth-order valence-electron chi connectivity index (χ4n) is 3.48. The average molecular weight is 375 g/mol. The number of aromatic amines is 1. The first-order chi connectivity index (χ1) is 13.2. The summed E-state index contributed by atoms with van der Waals surface area (Å²) in [6.45, 7) is 10.6. The zero-order valence-electron chi connectivity index (χ0n) is 16.9. The molecule has 0 atom stereocenters. The Labute approximate surface area is 163 Å². The molecule has 2 heterocycles. The third-order valence-corrected chi connectivity index (χ3v) is 5.00. The minimum atomic E-state index is -0.111. The molecule has 2 aromatic carbocycles. The van der Waals surface area contributed by atoms with E-state index in [0.717, 1.165) is 27.6 Å². The summed E-state index contributed by atoms with van der Waals surface area (Å²) in [7, 11) is 0. The van der Waals surface area contributed by atoms with Gasteiger partial charge >= 0.3 is 5.69 Å². The van der Waals surface area contributed by atoms with Gasteiger partial charge in [0, 0.05) is 17.1 Å². The molecule has 0 saturated heterocycles. The molecule has 2 aromatic heterocycles. The van der Waals surface area contributed by atoms with Crippen LogP contribution in [-0.4, -0.2) is 19.5 Å². The first-order valence-corrected chi connectivity index (χ1v) is 9.50. The molecule has 0 aliphatic rings. The van der Waals surface area contributed by atoms with Crippen molar-refractivity contribution < 1.29 is 0 Å². The van der Waals surface area contributed by atoms with Crippen LogP contribution in [0.5, 0.6) is 0 Å². The predicted octanol–water partition coefficient (Wildman–Crippen LogP) is 4.89. The normalized spacial score (nSPS) is 12.2. The molecule has 0 amide bonds. The molecule has 0 aliphatic carbocycles. The van der Waals surface area contributed by atoms with Crippen molar-refractivity contribution in [1.82, 2.24) is 19.5 Å². The number of nitrogens with zero attached hydrogens (tertiary/aromatic N) is 3. The summed E-state index contributed by atoms with van der Waals surface area (Å²) >= 11 is 0. The first-order valence-electron chi connectivity index (χ1n) is 9.50. The van der Waals surface area contributed by atoms with E-state index in [1.54, 1.807) is 10.9 Å². The molecule has 144 valence electrons. The van der Waals surface area contributed by atoms with Gasteiger partial charge in [0.15, 0.2) is 0 Å². The Bertz CT molecular complexity index is 1210. The van der Waals surface area contributed by atoms with Crippen molar-refractivity contribution in [3.8, 4) is 0 Å². The SMILES string of the molecule is CC(C)n1c(=O)[nH]c2cc3c(Nc4ccc(C(C)(C)C)cc4)ncnc3cc21. The van der Waals surface area contributed by atoms with Crippen LogP contribution in [0.2, 0.25) is 0 Å². The summed E-state index contributed by atoms with van der Waals surface area (Å²) in [5, 5.41) is 4.25. The lowest BCUT2D eigenvalue weighted by Crippen LogP contribution is -2.18. The molecule has 0 aliphatic heterocycles. The number of fused-ring (bicyclic) bond motifs is 2. The van der Waals surface area contributed by atoms with E-state index >= 15 is 0 Å². The monoisotopic (exact) mass is 375 g/mol. The van der Waals surface area contributed by atoms with Gasteiger partial charge in [-0.1, -0.05) is 32.9 Å². The second-order valence-corrected chi connectivity index (χ2v) is 8.46. The van der Waals surface area contributed by atoms with Crippen molar-refractivity contribution in [3.63, 3.8) is 0 Å². The number of rotatable bonds is 3. The zero-order chi connectivity index (χ0) is 20.1. The average Bonchev–Trinajstić information content (AvgIpc) is 2.95. The van der Waals surface area contributed by atoms with Crippen LogP contribution >= 0.6 is 0 Å². The van der Waals surface area contributed by atoms with Crippen molar-refractivity contribution in [1.29, 1.82) is 0 Å². The van der Waals surface area contributed by atoms with Gasteiger partial charge in [0.05, 0.1) is 16.6 Å². The number of aromatic nitrogens is 4. The van der Waals surface area contributed by atoms with Gasteiger partial charge in [-0.15, -0.1) is 0 Å². The van der Waals surface area contributed by atoms with Crippen molar-refractivity contribution in [2.45, 2.75) is 46.1 Å². The molecule has 6 nitrogen and oxygen atoms in total. The van der Waals surface area contributed by atoms with E-state index in [1.807, 2.05) is 26.0 Å². The highest BCUT2D eigenvalue weighted by Gasteiger charge is 2.15. The molecule has 0 saturated carbocycles. The topological polar surface area (TPSA) is 75.6 Å². The smallest absolute Gasteiger partial charge is 0.326 e. The third kappa shape index (κ3) is 3.15. The number of hydrogen-bond acceptors (Lipinski definition) is 4. The molecule has 28 heavy (non-hydrogen) atoms. The lowest BCUT2D eigenvalue weighted by atomic mass is 9.87. The minimum absolute atomic E-state index is 0.0689. The molecule has 0 spiro atoms. The van der Waals surface area contributed by atoms with Gasteiger partial charge < -0.3 is 10.3 Å². The number of hydrogen-bond donors (Lipinski definition) is 2. The molecular weight excluding hydrogens is 350 g/mol. The Balaban J connectivity index is 1.79. The highest BCUT2D eigenvalue weighted by Crippen LogP contribution is 2.29. The van der Waals surface area contributed by atoms with Crippen LogP contribution < -0.4 is 11.0 Å². The van der Waals surface area contributed by atoms with Crippen LogP contribution in [-0.2, 0) is 5.41 Å². The maximum absolute atomic E-state index is 12.3. The highest BCUT2D eigenvalue weighted by atomic mass is 16.1. The van der Waals surface area contributed by atoms with E-state index < -0.39 is 0 Å². The van der Waals surface area contributed by atoms with Crippen LogP contribution in [0.25, 0.3) is 21.9 Å². The zero-order valence-corrected chi connectivity index (χ0v) is 16.9. The Kier molecular flexibility index (Phi) is 4.22. The van der Waals surface area contributed by atoms with Gasteiger partial charge in [-0.25, -0.2) is 14.8 Å². The fourth-order valence-corrected chi connectivity index (χ4v) is 3.48. The first kappa shape index (κ1) is 18.2. The molecular formula is C22H25N5O. The number of H-pyrrole nitrogens is 1. The predicted molar refractivity (Wildman–Crippen MR) is 114 cm³/mol. The van der Waals surface area contributed by atoms with Crippen LogP contribution in [0, 0.1) is 0 Å². The van der Waals surface area contributed by atoms with Crippen LogP contribution in [0.15, 0.2) is 47.5 Å². The second kappa shape index (κ2) is 6.48. The lowest BCUT2D eigenvalue weighted by Gasteiger charge is -2.19. The summed E-state index contributed by atoms with van der Waals surface area (Å²) in [5.74, 6) is 0.716. The summed E-state index contributed by atoms with van der Waals surface area (Å²) in [6, 6.07) is 12.3. The molecule has 2 N–H and O–H groups in total. The van der Waals surface area contributed by atoms with Crippen molar-refractivity contribution in [2.24, 2.45) is 0 Å². The highest BCUT2D eigenvalue weighted by molar-refractivity contribution is 5.99. The number of nitrogens with one attached hydrogen (secondary N) is 2. The van der Waals surface area contributed by atoms with Crippen LogP contribution in [0.4, 0.5) is 11.5 Å². The Morgan fingerprint density at radius 2 is 1.79 bits per heavy atom. The van der Waals surface area contributed by atoms with Crippen LogP contribution in [0.3, 0.4) is 0 Å². The molecule has 0 fully saturated rings. The summed E-state index contributed by atoms with van der Waals surface area (Å²) < 4.78 is 1.75. The molecule has 4 aromatic rings. The summed E-state index contributed by atoms with van der Waals surface area (Å²) in [4.78, 5) is 24.1. The second-order valence-electron chi connectivity index (χ2n) is 8.46.